The van der Waals surface area contributed by atoms with Gasteiger partial charge in [0.05, 0.1) is 19.3 Å². The zero-order chi connectivity index (χ0) is 10.6. The summed E-state index contributed by atoms with van der Waals surface area (Å²) in [4.78, 5) is 2.35. The van der Waals surface area contributed by atoms with Crippen molar-refractivity contribution in [3.8, 4) is 12.3 Å². The fourth-order valence-corrected chi connectivity index (χ4v) is 1.89. The molecule has 0 saturated carbocycles. The number of terminal acetylenes is 1. The van der Waals surface area contributed by atoms with E-state index >= 15 is 0 Å². The average molecular weight is 196 g/mol. The molecule has 0 amide bonds. The van der Waals surface area contributed by atoms with Crippen molar-refractivity contribution < 1.29 is 4.74 Å². The highest BCUT2D eigenvalue weighted by Crippen LogP contribution is 2.23. The predicted octanol–water partition coefficient (Wildman–Crippen LogP) is 0.448. The monoisotopic (exact) mass is 196 g/mol. The largest absolute Gasteiger partial charge is 0.379 e. The van der Waals surface area contributed by atoms with Crippen molar-refractivity contribution in [1.29, 1.82) is 0 Å². The summed E-state index contributed by atoms with van der Waals surface area (Å²) in [6.07, 6.45) is 6.38. The Bertz CT molecular complexity index is 218. The molecule has 80 valence electrons. The third-order valence-corrected chi connectivity index (χ3v) is 3.30. The van der Waals surface area contributed by atoms with Crippen molar-refractivity contribution in [2.75, 3.05) is 26.3 Å². The quantitative estimate of drug-likeness (QED) is 0.666. The van der Waals surface area contributed by atoms with Gasteiger partial charge < -0.3 is 10.5 Å². The van der Waals surface area contributed by atoms with Gasteiger partial charge in [-0.1, -0.05) is 12.8 Å². The van der Waals surface area contributed by atoms with Gasteiger partial charge in [0.25, 0.3) is 0 Å². The summed E-state index contributed by atoms with van der Waals surface area (Å²) in [5.41, 5.74) is 5.89. The third-order valence-electron chi connectivity index (χ3n) is 3.30. The first kappa shape index (κ1) is 11.5. The van der Waals surface area contributed by atoms with Crippen LogP contribution in [0.2, 0.25) is 0 Å². The normalized spacial score (nSPS) is 25.0. The molecule has 3 nitrogen and oxygen atoms in total. The van der Waals surface area contributed by atoms with Gasteiger partial charge in [0.2, 0.25) is 0 Å². The molecular formula is C11H20N2O. The molecule has 1 rings (SSSR count). The van der Waals surface area contributed by atoms with Crippen LogP contribution in [0.15, 0.2) is 0 Å². The smallest absolute Gasteiger partial charge is 0.0845 e. The minimum atomic E-state index is -0.203. The molecular weight excluding hydrogens is 176 g/mol. The molecule has 0 radical (unpaired) electrons. The second kappa shape index (κ2) is 4.79. The Kier molecular flexibility index (Phi) is 3.94. The van der Waals surface area contributed by atoms with Gasteiger partial charge in [-0.05, 0) is 13.3 Å². The van der Waals surface area contributed by atoms with Crippen LogP contribution in [0, 0.1) is 12.3 Å². The van der Waals surface area contributed by atoms with Crippen LogP contribution in [0.1, 0.15) is 20.3 Å². The molecule has 0 spiro atoms. The van der Waals surface area contributed by atoms with Crippen molar-refractivity contribution in [3.05, 3.63) is 0 Å². The summed E-state index contributed by atoms with van der Waals surface area (Å²) >= 11 is 0. The zero-order valence-electron chi connectivity index (χ0n) is 9.12. The van der Waals surface area contributed by atoms with Crippen molar-refractivity contribution in [2.24, 2.45) is 5.73 Å². The lowest BCUT2D eigenvalue weighted by Gasteiger charge is -2.44. The maximum atomic E-state index is 5.97. The van der Waals surface area contributed by atoms with E-state index in [4.69, 9.17) is 16.9 Å². The lowest BCUT2D eigenvalue weighted by atomic mass is 9.88. The van der Waals surface area contributed by atoms with Crippen LogP contribution in [0.5, 0.6) is 0 Å². The van der Waals surface area contributed by atoms with Gasteiger partial charge in [-0.15, -0.1) is 6.42 Å². The van der Waals surface area contributed by atoms with Gasteiger partial charge in [0, 0.05) is 18.6 Å². The molecule has 0 aromatic carbocycles. The van der Waals surface area contributed by atoms with Crippen molar-refractivity contribution >= 4 is 0 Å². The van der Waals surface area contributed by atoms with Gasteiger partial charge in [-0.2, -0.15) is 0 Å². The van der Waals surface area contributed by atoms with E-state index in [1.54, 1.807) is 0 Å². The second-order valence-electron chi connectivity index (χ2n) is 3.95. The Hall–Kier alpha value is -0.560. The van der Waals surface area contributed by atoms with E-state index in [1.807, 2.05) is 0 Å². The zero-order valence-corrected chi connectivity index (χ0v) is 9.12. The van der Waals surface area contributed by atoms with Crippen molar-refractivity contribution in [2.45, 2.75) is 31.8 Å². The van der Waals surface area contributed by atoms with Crippen LogP contribution >= 0.6 is 0 Å². The Morgan fingerprint density at radius 2 is 2.14 bits per heavy atom. The number of ether oxygens (including phenoxy) is 1. The molecule has 2 unspecified atom stereocenters. The minimum Gasteiger partial charge on any atom is -0.379 e. The van der Waals surface area contributed by atoms with E-state index in [1.165, 1.54) is 0 Å². The molecule has 0 aromatic heterocycles. The first-order chi connectivity index (χ1) is 6.65. The summed E-state index contributed by atoms with van der Waals surface area (Å²) in [7, 11) is 0. The van der Waals surface area contributed by atoms with Gasteiger partial charge in [-0.25, -0.2) is 0 Å². The highest BCUT2D eigenvalue weighted by Gasteiger charge is 2.36. The number of nitrogens with two attached hydrogens (primary N) is 1. The Balaban J connectivity index is 2.72. The number of rotatable bonds is 3. The molecule has 2 N–H and O–H groups in total. The van der Waals surface area contributed by atoms with Crippen LogP contribution < -0.4 is 5.73 Å². The van der Waals surface area contributed by atoms with Gasteiger partial charge in [0.1, 0.15) is 0 Å². The van der Waals surface area contributed by atoms with Crippen LogP contribution in [-0.4, -0.2) is 42.8 Å². The van der Waals surface area contributed by atoms with Crippen LogP contribution in [0.3, 0.4) is 0 Å². The van der Waals surface area contributed by atoms with Crippen molar-refractivity contribution in [3.63, 3.8) is 0 Å². The lowest BCUT2D eigenvalue weighted by Crippen LogP contribution is -2.60. The molecule has 1 saturated heterocycles. The van der Waals surface area contributed by atoms with Crippen LogP contribution in [-0.2, 0) is 4.74 Å². The molecule has 1 fully saturated rings. The first-order valence-electron chi connectivity index (χ1n) is 5.19. The average Bonchev–Trinajstić information content (AvgIpc) is 2.28. The van der Waals surface area contributed by atoms with Crippen molar-refractivity contribution in [1.82, 2.24) is 4.90 Å². The topological polar surface area (TPSA) is 38.5 Å². The molecule has 3 heteroatoms. The van der Waals surface area contributed by atoms with Gasteiger partial charge >= 0.3 is 0 Å². The molecule has 0 aromatic rings. The Morgan fingerprint density at radius 3 is 2.57 bits per heavy atom. The molecule has 1 heterocycles. The molecule has 2 atom stereocenters. The van der Waals surface area contributed by atoms with Gasteiger partial charge in [0.15, 0.2) is 0 Å². The number of nitrogens with zero attached hydrogens (tertiary/aromatic N) is 1. The molecule has 0 bridgehead atoms. The maximum Gasteiger partial charge on any atom is 0.0845 e. The SMILES string of the molecule is C#CC(N)C(C)(CC)N1CCOCC1. The third kappa shape index (κ3) is 2.09. The molecule has 1 aliphatic rings. The maximum absolute atomic E-state index is 5.97. The summed E-state index contributed by atoms with van der Waals surface area (Å²) in [5.74, 6) is 2.65. The highest BCUT2D eigenvalue weighted by molar-refractivity contribution is 5.10. The molecule has 1 aliphatic heterocycles. The predicted molar refractivity (Wildman–Crippen MR) is 57.9 cm³/mol. The van der Waals surface area contributed by atoms with Crippen LogP contribution in [0.25, 0.3) is 0 Å². The first-order valence-corrected chi connectivity index (χ1v) is 5.19. The fraction of sp³-hybridized carbons (Fsp3) is 0.818. The minimum absolute atomic E-state index is 0.0848. The Labute approximate surface area is 86.6 Å². The fourth-order valence-electron chi connectivity index (χ4n) is 1.89. The van der Waals surface area contributed by atoms with Gasteiger partial charge in [-0.3, -0.25) is 4.90 Å². The summed E-state index contributed by atoms with van der Waals surface area (Å²) in [5, 5.41) is 0. The number of morpholine rings is 1. The van der Waals surface area contributed by atoms with E-state index < -0.39 is 0 Å². The van der Waals surface area contributed by atoms with E-state index in [2.05, 4.69) is 24.7 Å². The lowest BCUT2D eigenvalue weighted by molar-refractivity contribution is -0.0211. The second-order valence-corrected chi connectivity index (χ2v) is 3.95. The van der Waals surface area contributed by atoms with Crippen LogP contribution in [0.4, 0.5) is 0 Å². The summed E-state index contributed by atoms with van der Waals surface area (Å²) in [6.45, 7) is 7.70. The van der Waals surface area contributed by atoms with E-state index in [0.29, 0.717) is 0 Å². The van der Waals surface area contributed by atoms with E-state index in [-0.39, 0.29) is 11.6 Å². The number of hydrogen-bond donors (Lipinski definition) is 1. The molecule has 0 aliphatic carbocycles. The number of hydrogen-bond acceptors (Lipinski definition) is 3. The Morgan fingerprint density at radius 1 is 1.57 bits per heavy atom. The standard InChI is InChI=1S/C11H20N2O/c1-4-10(12)11(3,5-2)13-6-8-14-9-7-13/h1,10H,5-9,12H2,2-3H3. The summed E-state index contributed by atoms with van der Waals surface area (Å²) < 4.78 is 5.32. The molecule has 14 heavy (non-hydrogen) atoms. The highest BCUT2D eigenvalue weighted by atomic mass is 16.5. The summed E-state index contributed by atoms with van der Waals surface area (Å²) in [6, 6.07) is -0.203. The van der Waals surface area contributed by atoms with E-state index in [0.717, 1.165) is 32.7 Å². The van der Waals surface area contributed by atoms with E-state index in [9.17, 15) is 0 Å².